The number of nitrogens with two attached hydrogens (primary N) is 1. The number of ether oxygens (including phenoxy) is 2. The molecular formula is C15H19N3O3. The summed E-state index contributed by atoms with van der Waals surface area (Å²) in [7, 11) is 1.76. The third-order valence-corrected chi connectivity index (χ3v) is 4.10. The van der Waals surface area contributed by atoms with Crippen molar-refractivity contribution in [3.05, 3.63) is 24.0 Å². The lowest BCUT2D eigenvalue weighted by atomic mass is 9.87. The molecule has 3 rings (SSSR count). The largest absolute Gasteiger partial charge is 0.410 e. The molecule has 1 saturated carbocycles. The summed E-state index contributed by atoms with van der Waals surface area (Å²) in [5, 5.41) is 0. The minimum absolute atomic E-state index is 0.361. The Morgan fingerprint density at radius 2 is 2.10 bits per heavy atom. The Balaban J connectivity index is 1.86. The second-order valence-corrected chi connectivity index (χ2v) is 5.40. The Hall–Kier alpha value is -2.08. The molecule has 0 spiro atoms. The van der Waals surface area contributed by atoms with Gasteiger partial charge in [0.2, 0.25) is 0 Å². The van der Waals surface area contributed by atoms with Crippen molar-refractivity contribution in [1.29, 1.82) is 0 Å². The van der Waals surface area contributed by atoms with E-state index in [-0.39, 0.29) is 0 Å². The molecule has 0 atom stereocenters. The second kappa shape index (κ2) is 5.73. The molecule has 0 radical (unpaired) electrons. The second-order valence-electron chi connectivity index (χ2n) is 5.40. The molecule has 1 heterocycles. The van der Waals surface area contributed by atoms with Crippen molar-refractivity contribution in [2.45, 2.75) is 37.7 Å². The molecule has 3 N–H and O–H groups in total. The van der Waals surface area contributed by atoms with Crippen LogP contribution in [0.3, 0.4) is 0 Å². The van der Waals surface area contributed by atoms with Gasteiger partial charge in [-0.15, -0.1) is 0 Å². The van der Waals surface area contributed by atoms with E-state index in [0.717, 1.165) is 37.0 Å². The molecule has 112 valence electrons. The number of fused-ring (bicyclic) bond motifs is 1. The zero-order chi connectivity index (χ0) is 14.8. The topological polar surface area (TPSA) is 90.2 Å². The summed E-state index contributed by atoms with van der Waals surface area (Å²) in [6.07, 6.45) is 3.72. The molecule has 2 aromatic rings. The number of amides is 1. The van der Waals surface area contributed by atoms with Crippen LogP contribution in [0.4, 0.5) is 4.79 Å². The van der Waals surface area contributed by atoms with Crippen LogP contribution in [0.25, 0.3) is 11.0 Å². The molecule has 0 unspecified atom stereocenters. The first-order chi connectivity index (χ1) is 10.2. The number of carbonyl (C=O) groups excluding carboxylic acids is 1. The first-order valence-corrected chi connectivity index (χ1v) is 7.16. The van der Waals surface area contributed by atoms with Crippen molar-refractivity contribution < 1.29 is 14.3 Å². The number of primary amides is 1. The van der Waals surface area contributed by atoms with Gasteiger partial charge in [-0.05, 0) is 37.8 Å². The molecule has 1 amide bonds. The number of benzene rings is 1. The summed E-state index contributed by atoms with van der Waals surface area (Å²) in [6, 6.07) is 5.42. The van der Waals surface area contributed by atoms with E-state index in [1.54, 1.807) is 13.2 Å². The molecule has 6 heteroatoms. The van der Waals surface area contributed by atoms with Crippen LogP contribution in [0.2, 0.25) is 0 Å². The fourth-order valence-corrected chi connectivity index (χ4v) is 2.98. The van der Waals surface area contributed by atoms with Crippen LogP contribution >= 0.6 is 0 Å². The lowest BCUT2D eigenvalue weighted by molar-refractivity contribution is 0.0652. The van der Waals surface area contributed by atoms with Crippen molar-refractivity contribution >= 4 is 17.1 Å². The van der Waals surface area contributed by atoms with Crippen molar-refractivity contribution in [3.63, 3.8) is 0 Å². The minimum atomic E-state index is -0.826. The molecule has 0 aliphatic heterocycles. The molecule has 21 heavy (non-hydrogen) atoms. The van der Waals surface area contributed by atoms with Gasteiger partial charge in [-0.25, -0.2) is 9.78 Å². The maximum Gasteiger partial charge on any atom is 0.410 e. The number of hydrogen-bond donors (Lipinski definition) is 2. The number of para-hydroxylation sites is 1. The van der Waals surface area contributed by atoms with Crippen molar-refractivity contribution in [2.75, 3.05) is 7.11 Å². The van der Waals surface area contributed by atoms with Crippen molar-refractivity contribution in [3.8, 4) is 5.75 Å². The summed E-state index contributed by atoms with van der Waals surface area (Å²) in [6.45, 7) is 0. The normalized spacial score (nSPS) is 22.3. The maximum atomic E-state index is 10.9. The van der Waals surface area contributed by atoms with Gasteiger partial charge in [0.05, 0.1) is 11.6 Å². The highest BCUT2D eigenvalue weighted by Crippen LogP contribution is 2.34. The summed E-state index contributed by atoms with van der Waals surface area (Å²) in [4.78, 5) is 18.9. The SMILES string of the molecule is COC1CCC(c2nc3c(OC(N)=O)cccc3[nH]2)CC1. The van der Waals surface area contributed by atoms with E-state index in [9.17, 15) is 4.79 Å². The van der Waals surface area contributed by atoms with E-state index in [1.807, 2.05) is 12.1 Å². The fourth-order valence-electron chi connectivity index (χ4n) is 2.98. The van der Waals surface area contributed by atoms with Crippen LogP contribution < -0.4 is 10.5 Å². The average molecular weight is 289 g/mol. The van der Waals surface area contributed by atoms with Crippen LogP contribution in [-0.2, 0) is 4.74 Å². The lowest BCUT2D eigenvalue weighted by Gasteiger charge is -2.26. The van der Waals surface area contributed by atoms with Gasteiger partial charge in [-0.2, -0.15) is 0 Å². The number of rotatable bonds is 3. The molecular weight excluding hydrogens is 270 g/mol. The van der Waals surface area contributed by atoms with Crippen LogP contribution in [0, 0.1) is 0 Å². The molecule has 6 nitrogen and oxygen atoms in total. The third-order valence-electron chi connectivity index (χ3n) is 4.10. The number of nitrogens with zero attached hydrogens (tertiary/aromatic N) is 1. The third kappa shape index (κ3) is 2.85. The quantitative estimate of drug-likeness (QED) is 0.909. The summed E-state index contributed by atoms with van der Waals surface area (Å²) >= 11 is 0. The number of imidazole rings is 1. The fraction of sp³-hybridized carbons (Fsp3) is 0.467. The van der Waals surface area contributed by atoms with Gasteiger partial charge in [0.15, 0.2) is 5.75 Å². The van der Waals surface area contributed by atoms with E-state index in [4.69, 9.17) is 15.2 Å². The standard InChI is InChI=1S/C15H19N3O3/c1-20-10-7-5-9(6-8-10)14-17-11-3-2-4-12(13(11)18-14)21-15(16)19/h2-4,9-10H,5-8H2,1H3,(H2,16,19)(H,17,18). The van der Waals surface area contributed by atoms with Gasteiger partial charge in [0, 0.05) is 13.0 Å². The van der Waals surface area contributed by atoms with E-state index < -0.39 is 6.09 Å². The van der Waals surface area contributed by atoms with Gasteiger partial charge in [0.25, 0.3) is 0 Å². The molecule has 1 aliphatic carbocycles. The van der Waals surface area contributed by atoms with E-state index in [0.29, 0.717) is 23.3 Å². The van der Waals surface area contributed by atoms with Gasteiger partial charge in [0.1, 0.15) is 11.3 Å². The van der Waals surface area contributed by atoms with Crippen LogP contribution in [-0.4, -0.2) is 29.3 Å². The number of carbonyl (C=O) groups is 1. The number of aromatic amines is 1. The number of aromatic nitrogens is 2. The first kappa shape index (κ1) is 13.9. The van der Waals surface area contributed by atoms with Crippen molar-refractivity contribution in [2.24, 2.45) is 5.73 Å². The highest BCUT2D eigenvalue weighted by molar-refractivity contribution is 5.84. The Morgan fingerprint density at radius 3 is 2.76 bits per heavy atom. The maximum absolute atomic E-state index is 10.9. The molecule has 1 fully saturated rings. The van der Waals surface area contributed by atoms with Gasteiger partial charge < -0.3 is 20.2 Å². The molecule has 0 bridgehead atoms. The summed E-state index contributed by atoms with van der Waals surface area (Å²) < 4.78 is 10.4. The predicted octanol–water partition coefficient (Wildman–Crippen LogP) is 2.69. The van der Waals surface area contributed by atoms with E-state index in [2.05, 4.69) is 9.97 Å². The monoisotopic (exact) mass is 289 g/mol. The Morgan fingerprint density at radius 1 is 1.33 bits per heavy atom. The van der Waals surface area contributed by atoms with Gasteiger partial charge in [-0.1, -0.05) is 6.07 Å². The Kier molecular flexibility index (Phi) is 3.79. The Bertz CT molecular complexity index is 645. The molecule has 1 aromatic heterocycles. The van der Waals surface area contributed by atoms with Crippen LogP contribution in [0.1, 0.15) is 37.4 Å². The first-order valence-electron chi connectivity index (χ1n) is 7.16. The summed E-state index contributed by atoms with van der Waals surface area (Å²) in [5.74, 6) is 1.73. The van der Waals surface area contributed by atoms with Gasteiger partial charge >= 0.3 is 6.09 Å². The average Bonchev–Trinajstić information content (AvgIpc) is 2.92. The van der Waals surface area contributed by atoms with Crippen LogP contribution in [0.15, 0.2) is 18.2 Å². The van der Waals surface area contributed by atoms with Crippen molar-refractivity contribution in [1.82, 2.24) is 9.97 Å². The highest BCUT2D eigenvalue weighted by Gasteiger charge is 2.24. The lowest BCUT2D eigenvalue weighted by Crippen LogP contribution is -2.19. The number of hydrogen-bond acceptors (Lipinski definition) is 4. The number of nitrogens with one attached hydrogen (secondary N) is 1. The van der Waals surface area contributed by atoms with E-state index >= 15 is 0 Å². The predicted molar refractivity (Wildman–Crippen MR) is 78.3 cm³/mol. The molecule has 1 aliphatic rings. The summed E-state index contributed by atoms with van der Waals surface area (Å²) in [5.41, 5.74) is 6.59. The highest BCUT2D eigenvalue weighted by atomic mass is 16.5. The van der Waals surface area contributed by atoms with Gasteiger partial charge in [-0.3, -0.25) is 0 Å². The van der Waals surface area contributed by atoms with Crippen LogP contribution in [0.5, 0.6) is 5.75 Å². The zero-order valence-corrected chi connectivity index (χ0v) is 12.0. The number of H-pyrrole nitrogens is 1. The Labute approximate surface area is 122 Å². The molecule has 0 saturated heterocycles. The smallest absolute Gasteiger partial charge is 0.408 e. The van der Waals surface area contributed by atoms with E-state index in [1.165, 1.54) is 0 Å². The minimum Gasteiger partial charge on any atom is -0.408 e. The molecule has 1 aromatic carbocycles. The number of methoxy groups -OCH3 is 1. The zero-order valence-electron chi connectivity index (χ0n) is 12.0.